The SMILES string of the molecule is CCNC(=NCc1cc(Cl)c(Cl)n1C)NCCN1CCCS1(=O)=O.I. The number of guanidine groups is 1. The minimum absolute atomic E-state index is 0. The van der Waals surface area contributed by atoms with Crippen molar-refractivity contribution in [3.8, 4) is 0 Å². The van der Waals surface area contributed by atoms with Crippen molar-refractivity contribution in [1.29, 1.82) is 0 Å². The van der Waals surface area contributed by atoms with Gasteiger partial charge < -0.3 is 15.2 Å². The molecule has 2 heterocycles. The lowest BCUT2D eigenvalue weighted by Crippen LogP contribution is -2.42. The Kier molecular flexibility index (Phi) is 9.30. The number of aliphatic imine (C=N–C) groups is 1. The first kappa shape index (κ1) is 22.8. The maximum absolute atomic E-state index is 11.8. The van der Waals surface area contributed by atoms with Crippen molar-refractivity contribution >= 4 is 63.2 Å². The predicted octanol–water partition coefficient (Wildman–Crippen LogP) is 2.04. The van der Waals surface area contributed by atoms with E-state index in [0.29, 0.717) is 55.3 Å². The zero-order valence-electron chi connectivity index (χ0n) is 14.3. The summed E-state index contributed by atoms with van der Waals surface area (Å²) in [5.74, 6) is 0.874. The van der Waals surface area contributed by atoms with Gasteiger partial charge in [0.1, 0.15) is 5.15 Å². The van der Waals surface area contributed by atoms with Crippen molar-refractivity contribution in [2.24, 2.45) is 12.0 Å². The quantitative estimate of drug-likeness (QED) is 0.340. The molecule has 1 aromatic heterocycles. The van der Waals surface area contributed by atoms with Crippen LogP contribution in [0.25, 0.3) is 0 Å². The summed E-state index contributed by atoms with van der Waals surface area (Å²) in [6, 6.07) is 1.79. The van der Waals surface area contributed by atoms with E-state index in [1.807, 2.05) is 14.0 Å². The fourth-order valence-electron chi connectivity index (χ4n) is 2.48. The topological polar surface area (TPSA) is 78.7 Å². The second-order valence-corrected chi connectivity index (χ2v) is 8.38. The summed E-state index contributed by atoms with van der Waals surface area (Å²) in [6.07, 6.45) is 0.700. The summed E-state index contributed by atoms with van der Waals surface area (Å²) in [5.41, 5.74) is 0.893. The second kappa shape index (κ2) is 10.2. The Morgan fingerprint density at radius 1 is 1.36 bits per heavy atom. The standard InChI is InChI=1S/C14H23Cl2N5O2S.HI/c1-3-17-14(18-5-7-21-6-4-8-24(21,22)23)19-10-11-9-12(15)13(16)20(11)2;/h9H,3-8,10H2,1-2H3,(H2,17,18,19);1H. The number of nitrogens with one attached hydrogen (secondary N) is 2. The Balaban J connectivity index is 0.00000312. The summed E-state index contributed by atoms with van der Waals surface area (Å²) < 4.78 is 26.8. The van der Waals surface area contributed by atoms with E-state index >= 15 is 0 Å². The highest BCUT2D eigenvalue weighted by molar-refractivity contribution is 14.0. The highest BCUT2D eigenvalue weighted by Gasteiger charge is 2.27. The van der Waals surface area contributed by atoms with Gasteiger partial charge in [-0.2, -0.15) is 0 Å². The fourth-order valence-corrected chi connectivity index (χ4v) is 4.43. The van der Waals surface area contributed by atoms with Crippen molar-refractivity contribution in [3.05, 3.63) is 21.9 Å². The Morgan fingerprint density at radius 3 is 2.60 bits per heavy atom. The molecule has 1 aliphatic heterocycles. The molecule has 25 heavy (non-hydrogen) atoms. The third-order valence-electron chi connectivity index (χ3n) is 3.82. The van der Waals surface area contributed by atoms with E-state index in [1.54, 1.807) is 10.6 Å². The molecule has 1 aromatic rings. The van der Waals surface area contributed by atoms with Gasteiger partial charge in [0, 0.05) is 38.9 Å². The van der Waals surface area contributed by atoms with E-state index in [4.69, 9.17) is 23.2 Å². The van der Waals surface area contributed by atoms with Crippen LogP contribution in [-0.4, -0.2) is 55.2 Å². The van der Waals surface area contributed by atoms with Gasteiger partial charge in [-0.1, -0.05) is 23.2 Å². The molecule has 0 aliphatic carbocycles. The molecule has 0 saturated carbocycles. The zero-order valence-corrected chi connectivity index (χ0v) is 18.9. The summed E-state index contributed by atoms with van der Waals surface area (Å²) in [6.45, 7) is 4.63. The fraction of sp³-hybridized carbons (Fsp3) is 0.643. The molecule has 0 amide bonds. The van der Waals surface area contributed by atoms with Crippen LogP contribution in [-0.2, 0) is 23.6 Å². The largest absolute Gasteiger partial charge is 0.357 e. The lowest BCUT2D eigenvalue weighted by Gasteiger charge is -2.16. The number of sulfonamides is 1. The minimum atomic E-state index is -3.06. The van der Waals surface area contributed by atoms with Crippen LogP contribution in [0, 0.1) is 0 Å². The second-order valence-electron chi connectivity index (χ2n) is 5.52. The first-order valence-electron chi connectivity index (χ1n) is 7.84. The van der Waals surface area contributed by atoms with Crippen molar-refractivity contribution in [3.63, 3.8) is 0 Å². The molecule has 2 N–H and O–H groups in total. The molecule has 0 unspecified atom stereocenters. The van der Waals surface area contributed by atoms with Gasteiger partial charge in [-0.25, -0.2) is 17.7 Å². The Labute approximate surface area is 176 Å². The van der Waals surface area contributed by atoms with Gasteiger partial charge in [0.15, 0.2) is 5.96 Å². The van der Waals surface area contributed by atoms with Crippen molar-refractivity contribution in [1.82, 2.24) is 19.5 Å². The number of rotatable bonds is 6. The average Bonchev–Trinajstić information content (AvgIpc) is 2.99. The maximum atomic E-state index is 11.8. The number of hydrogen-bond acceptors (Lipinski definition) is 3. The molecule has 0 aromatic carbocycles. The van der Waals surface area contributed by atoms with Crippen LogP contribution in [0.4, 0.5) is 0 Å². The van der Waals surface area contributed by atoms with Gasteiger partial charge in [-0.05, 0) is 19.4 Å². The van der Waals surface area contributed by atoms with Crippen LogP contribution in [0.5, 0.6) is 0 Å². The molecule has 11 heteroatoms. The summed E-state index contributed by atoms with van der Waals surface area (Å²) in [5, 5.41) is 7.28. The molecular weight excluding hydrogens is 500 g/mol. The first-order chi connectivity index (χ1) is 11.3. The van der Waals surface area contributed by atoms with E-state index < -0.39 is 10.0 Å². The van der Waals surface area contributed by atoms with Crippen LogP contribution < -0.4 is 10.6 Å². The van der Waals surface area contributed by atoms with E-state index in [0.717, 1.165) is 5.69 Å². The van der Waals surface area contributed by atoms with Gasteiger partial charge in [-0.15, -0.1) is 24.0 Å². The molecule has 1 fully saturated rings. The van der Waals surface area contributed by atoms with E-state index in [9.17, 15) is 8.42 Å². The summed E-state index contributed by atoms with van der Waals surface area (Å²) >= 11 is 12.0. The van der Waals surface area contributed by atoms with Crippen LogP contribution >= 0.6 is 47.2 Å². The van der Waals surface area contributed by atoms with Gasteiger partial charge in [0.2, 0.25) is 10.0 Å². The summed E-state index contributed by atoms with van der Waals surface area (Å²) in [4.78, 5) is 4.49. The molecular formula is C14H24Cl2IN5O2S. The van der Waals surface area contributed by atoms with E-state index in [-0.39, 0.29) is 29.7 Å². The lowest BCUT2D eigenvalue weighted by molar-refractivity contribution is 0.445. The Bertz CT molecular complexity index is 708. The number of aromatic nitrogens is 1. The lowest BCUT2D eigenvalue weighted by atomic mass is 10.4. The van der Waals surface area contributed by atoms with Gasteiger partial charge in [0.25, 0.3) is 0 Å². The van der Waals surface area contributed by atoms with Crippen LogP contribution in [0.2, 0.25) is 10.2 Å². The molecule has 0 radical (unpaired) electrons. The van der Waals surface area contributed by atoms with Crippen molar-refractivity contribution < 1.29 is 8.42 Å². The number of nitrogens with zero attached hydrogens (tertiary/aromatic N) is 3. The number of hydrogen-bond donors (Lipinski definition) is 2. The van der Waals surface area contributed by atoms with E-state index in [1.165, 1.54) is 4.31 Å². The van der Waals surface area contributed by atoms with Crippen LogP contribution in [0.3, 0.4) is 0 Å². The third-order valence-corrected chi connectivity index (χ3v) is 6.61. The van der Waals surface area contributed by atoms with Crippen LogP contribution in [0.15, 0.2) is 11.1 Å². The zero-order chi connectivity index (χ0) is 17.7. The van der Waals surface area contributed by atoms with Crippen LogP contribution in [0.1, 0.15) is 19.0 Å². The molecule has 7 nitrogen and oxygen atoms in total. The molecule has 144 valence electrons. The Hall–Kier alpha value is -0.230. The molecule has 1 saturated heterocycles. The molecule has 2 rings (SSSR count). The normalized spacial score (nSPS) is 17.4. The molecule has 1 aliphatic rings. The third kappa shape index (κ3) is 6.16. The first-order valence-corrected chi connectivity index (χ1v) is 10.2. The van der Waals surface area contributed by atoms with Gasteiger partial charge in [0.05, 0.1) is 17.3 Å². The molecule has 0 bridgehead atoms. The minimum Gasteiger partial charge on any atom is -0.357 e. The van der Waals surface area contributed by atoms with Gasteiger partial charge in [-0.3, -0.25) is 0 Å². The molecule has 0 atom stereocenters. The average molecular weight is 524 g/mol. The monoisotopic (exact) mass is 523 g/mol. The molecule has 0 spiro atoms. The summed E-state index contributed by atoms with van der Waals surface area (Å²) in [7, 11) is -1.23. The number of halogens is 3. The highest BCUT2D eigenvalue weighted by atomic mass is 127. The Morgan fingerprint density at radius 2 is 2.08 bits per heavy atom. The van der Waals surface area contributed by atoms with Gasteiger partial charge >= 0.3 is 0 Å². The van der Waals surface area contributed by atoms with E-state index in [2.05, 4.69) is 15.6 Å². The highest BCUT2D eigenvalue weighted by Crippen LogP contribution is 2.25. The predicted molar refractivity (Wildman–Crippen MR) is 114 cm³/mol. The smallest absolute Gasteiger partial charge is 0.214 e. The van der Waals surface area contributed by atoms with Crippen molar-refractivity contribution in [2.45, 2.75) is 19.9 Å². The van der Waals surface area contributed by atoms with Crippen molar-refractivity contribution in [2.75, 3.05) is 31.9 Å². The maximum Gasteiger partial charge on any atom is 0.214 e.